The summed E-state index contributed by atoms with van der Waals surface area (Å²) in [5.41, 5.74) is 3.85. The van der Waals surface area contributed by atoms with Crippen molar-refractivity contribution in [2.45, 2.75) is 32.8 Å². The molecule has 0 spiro atoms. The molecule has 1 aliphatic heterocycles. The van der Waals surface area contributed by atoms with Gasteiger partial charge in [-0.1, -0.05) is 17.4 Å². The summed E-state index contributed by atoms with van der Waals surface area (Å²) < 4.78 is 8.49. The molecular weight excluding hydrogens is 348 g/mol. The van der Waals surface area contributed by atoms with Crippen molar-refractivity contribution in [2.24, 2.45) is 7.05 Å². The van der Waals surface area contributed by atoms with Crippen LogP contribution in [0.25, 0.3) is 10.2 Å². The van der Waals surface area contributed by atoms with Crippen molar-refractivity contribution in [3.8, 4) is 0 Å². The van der Waals surface area contributed by atoms with Crippen LogP contribution in [0.1, 0.15) is 34.5 Å². The van der Waals surface area contributed by atoms with Crippen molar-refractivity contribution in [2.75, 3.05) is 18.1 Å². The van der Waals surface area contributed by atoms with E-state index >= 15 is 0 Å². The number of nitrogens with zero attached hydrogens (tertiary/aromatic N) is 4. The lowest BCUT2D eigenvalue weighted by Gasteiger charge is -2.23. The molecule has 1 aromatic carbocycles. The Morgan fingerprint density at radius 2 is 2.27 bits per heavy atom. The number of hydrogen-bond acceptors (Lipinski definition) is 5. The molecule has 26 heavy (non-hydrogen) atoms. The Hall–Kier alpha value is -2.25. The molecule has 0 bridgehead atoms. The van der Waals surface area contributed by atoms with Gasteiger partial charge in [-0.25, -0.2) is 4.98 Å². The van der Waals surface area contributed by atoms with E-state index in [2.05, 4.69) is 31.1 Å². The average molecular weight is 370 g/mol. The summed E-state index contributed by atoms with van der Waals surface area (Å²) in [5, 5.41) is 4.85. The smallest absolute Gasteiger partial charge is 0.278 e. The monoisotopic (exact) mass is 370 g/mol. The summed E-state index contributed by atoms with van der Waals surface area (Å²) in [7, 11) is 1.78. The molecule has 0 saturated carbocycles. The number of ether oxygens (including phenoxy) is 1. The molecule has 1 amide bonds. The maximum atomic E-state index is 13.2. The standard InChI is InChI=1S/C19H22N4O2S/c1-12-9-13(2)17-16(10-12)26-19(21-17)23(11-14-5-4-8-25-14)18(24)15-6-7-20-22(15)3/h6-7,9-10,14H,4-5,8,11H2,1-3H3. The van der Waals surface area contributed by atoms with Crippen LogP contribution >= 0.6 is 11.3 Å². The van der Waals surface area contributed by atoms with Gasteiger partial charge in [-0.15, -0.1) is 0 Å². The van der Waals surface area contributed by atoms with E-state index in [1.807, 2.05) is 0 Å². The maximum absolute atomic E-state index is 13.2. The van der Waals surface area contributed by atoms with Crippen LogP contribution in [0, 0.1) is 13.8 Å². The largest absolute Gasteiger partial charge is 0.376 e. The zero-order valence-electron chi connectivity index (χ0n) is 15.2. The molecule has 1 aliphatic rings. The molecule has 4 rings (SSSR count). The maximum Gasteiger partial charge on any atom is 0.278 e. The van der Waals surface area contributed by atoms with Crippen LogP contribution in [-0.2, 0) is 11.8 Å². The van der Waals surface area contributed by atoms with Gasteiger partial charge in [0.2, 0.25) is 0 Å². The lowest BCUT2D eigenvalue weighted by Crippen LogP contribution is -2.38. The van der Waals surface area contributed by atoms with E-state index in [-0.39, 0.29) is 12.0 Å². The van der Waals surface area contributed by atoms with E-state index in [0.717, 1.165) is 40.4 Å². The van der Waals surface area contributed by atoms with Crippen molar-refractivity contribution >= 4 is 32.6 Å². The van der Waals surface area contributed by atoms with Gasteiger partial charge in [-0.2, -0.15) is 5.10 Å². The number of carbonyl (C=O) groups is 1. The molecule has 1 fully saturated rings. The third kappa shape index (κ3) is 3.12. The quantitative estimate of drug-likeness (QED) is 0.705. The fraction of sp³-hybridized carbons (Fsp3) is 0.421. The number of anilines is 1. The third-order valence-electron chi connectivity index (χ3n) is 4.74. The van der Waals surface area contributed by atoms with Gasteiger partial charge < -0.3 is 4.74 Å². The van der Waals surface area contributed by atoms with E-state index in [1.54, 1.807) is 40.2 Å². The molecule has 1 saturated heterocycles. The Morgan fingerprint density at radius 3 is 2.96 bits per heavy atom. The van der Waals surface area contributed by atoms with Crippen molar-refractivity contribution < 1.29 is 9.53 Å². The fourth-order valence-electron chi connectivity index (χ4n) is 3.44. The van der Waals surface area contributed by atoms with E-state index < -0.39 is 0 Å². The van der Waals surface area contributed by atoms with Gasteiger partial charge >= 0.3 is 0 Å². The minimum Gasteiger partial charge on any atom is -0.376 e. The van der Waals surface area contributed by atoms with Crippen LogP contribution in [0.3, 0.4) is 0 Å². The molecule has 3 aromatic rings. The average Bonchev–Trinajstić information content (AvgIpc) is 3.32. The highest BCUT2D eigenvalue weighted by molar-refractivity contribution is 7.22. The van der Waals surface area contributed by atoms with Gasteiger partial charge in [-0.05, 0) is 49.9 Å². The SMILES string of the molecule is Cc1cc(C)c2nc(N(CC3CCCO3)C(=O)c3ccnn3C)sc2c1. The van der Waals surface area contributed by atoms with Crippen LogP contribution < -0.4 is 4.90 Å². The summed E-state index contributed by atoms with van der Waals surface area (Å²) in [6.07, 6.45) is 3.71. The zero-order chi connectivity index (χ0) is 18.3. The fourth-order valence-corrected chi connectivity index (χ4v) is 4.59. The number of aryl methyl sites for hydroxylation is 3. The Labute approximate surface area is 156 Å². The number of thiazole rings is 1. The third-order valence-corrected chi connectivity index (χ3v) is 5.77. The van der Waals surface area contributed by atoms with Crippen LogP contribution in [-0.4, -0.2) is 39.9 Å². The predicted molar refractivity (Wildman–Crippen MR) is 103 cm³/mol. The topological polar surface area (TPSA) is 60.3 Å². The molecule has 0 N–H and O–H groups in total. The van der Waals surface area contributed by atoms with Crippen LogP contribution in [0.4, 0.5) is 5.13 Å². The van der Waals surface area contributed by atoms with E-state index in [0.29, 0.717) is 12.2 Å². The second-order valence-corrected chi connectivity index (χ2v) is 7.82. The van der Waals surface area contributed by atoms with Crippen molar-refractivity contribution in [3.63, 3.8) is 0 Å². The minimum absolute atomic E-state index is 0.0574. The van der Waals surface area contributed by atoms with Gasteiger partial charge in [0.25, 0.3) is 5.91 Å². The van der Waals surface area contributed by atoms with Crippen LogP contribution in [0.15, 0.2) is 24.4 Å². The number of fused-ring (bicyclic) bond motifs is 1. The molecule has 0 radical (unpaired) electrons. The first kappa shape index (κ1) is 17.2. The molecule has 1 unspecified atom stereocenters. The highest BCUT2D eigenvalue weighted by atomic mass is 32.1. The molecule has 2 aromatic heterocycles. The van der Waals surface area contributed by atoms with Crippen molar-refractivity contribution in [3.05, 3.63) is 41.2 Å². The Bertz CT molecular complexity index is 956. The summed E-state index contributed by atoms with van der Waals surface area (Å²) in [5.74, 6) is -0.0890. The van der Waals surface area contributed by atoms with Gasteiger partial charge in [-0.3, -0.25) is 14.4 Å². The molecule has 7 heteroatoms. The second-order valence-electron chi connectivity index (χ2n) is 6.82. The highest BCUT2D eigenvalue weighted by Crippen LogP contribution is 2.33. The molecule has 0 aliphatic carbocycles. The summed E-state index contributed by atoms with van der Waals surface area (Å²) in [6.45, 7) is 5.42. The van der Waals surface area contributed by atoms with E-state index in [1.165, 1.54) is 5.56 Å². The Kier molecular flexibility index (Phi) is 4.50. The van der Waals surface area contributed by atoms with Gasteiger partial charge in [0.15, 0.2) is 5.13 Å². The predicted octanol–water partition coefficient (Wildman–Crippen LogP) is 3.47. The first-order valence-corrected chi connectivity index (χ1v) is 9.64. The van der Waals surface area contributed by atoms with Crippen LogP contribution in [0.2, 0.25) is 0 Å². The molecule has 3 heterocycles. The number of carbonyl (C=O) groups excluding carboxylic acids is 1. The van der Waals surface area contributed by atoms with Gasteiger partial charge in [0, 0.05) is 19.9 Å². The molecule has 6 nitrogen and oxygen atoms in total. The number of rotatable bonds is 4. The minimum atomic E-state index is -0.0890. The number of benzene rings is 1. The molecular formula is C19H22N4O2S. The number of hydrogen-bond donors (Lipinski definition) is 0. The summed E-state index contributed by atoms with van der Waals surface area (Å²) >= 11 is 1.56. The van der Waals surface area contributed by atoms with E-state index in [9.17, 15) is 4.79 Å². The Balaban J connectivity index is 1.75. The number of amides is 1. The van der Waals surface area contributed by atoms with Crippen molar-refractivity contribution in [1.29, 1.82) is 0 Å². The summed E-state index contributed by atoms with van der Waals surface area (Å²) in [4.78, 5) is 19.8. The van der Waals surface area contributed by atoms with Crippen LogP contribution in [0.5, 0.6) is 0 Å². The lowest BCUT2D eigenvalue weighted by atomic mass is 10.1. The van der Waals surface area contributed by atoms with Gasteiger partial charge in [0.1, 0.15) is 5.69 Å². The normalized spacial score (nSPS) is 17.1. The Morgan fingerprint density at radius 1 is 1.42 bits per heavy atom. The zero-order valence-corrected chi connectivity index (χ0v) is 16.0. The summed E-state index contributed by atoms with van der Waals surface area (Å²) in [6, 6.07) is 6.00. The van der Waals surface area contributed by atoms with E-state index in [4.69, 9.17) is 9.72 Å². The molecule has 136 valence electrons. The first-order chi connectivity index (χ1) is 12.5. The van der Waals surface area contributed by atoms with Gasteiger partial charge in [0.05, 0.1) is 22.9 Å². The van der Waals surface area contributed by atoms with Crippen molar-refractivity contribution in [1.82, 2.24) is 14.8 Å². The second kappa shape index (κ2) is 6.81. The highest BCUT2D eigenvalue weighted by Gasteiger charge is 2.28. The molecule has 1 atom stereocenters. The first-order valence-electron chi connectivity index (χ1n) is 8.82. The lowest BCUT2D eigenvalue weighted by molar-refractivity contribution is 0.0909. The number of aromatic nitrogens is 3.